The molecule has 0 unspecified atom stereocenters. The second kappa shape index (κ2) is 5.09. The molecular weight excluding hydrogens is 277 g/mol. The number of nitrogens with zero attached hydrogens (tertiary/aromatic N) is 2. The highest BCUT2D eigenvalue weighted by Crippen LogP contribution is 2.33. The Kier molecular flexibility index (Phi) is 3.25. The minimum absolute atomic E-state index is 0.298. The minimum atomic E-state index is -4.46. The monoisotopic (exact) mass is 288 g/mol. The fourth-order valence-corrected chi connectivity index (χ4v) is 2.10. The first-order valence-electron chi connectivity index (χ1n) is 6.34. The van der Waals surface area contributed by atoms with Gasteiger partial charge in [-0.1, -0.05) is 48.5 Å². The van der Waals surface area contributed by atoms with Crippen LogP contribution >= 0.6 is 0 Å². The molecule has 3 rings (SSSR count). The number of aromatic nitrogens is 2. The molecule has 1 aromatic heterocycles. The summed E-state index contributed by atoms with van der Waals surface area (Å²) in [5.41, 5.74) is 0.545. The van der Waals surface area contributed by atoms with Crippen LogP contribution in [0.1, 0.15) is 5.69 Å². The van der Waals surface area contributed by atoms with E-state index in [1.165, 1.54) is 0 Å². The topological polar surface area (TPSA) is 17.8 Å². The summed E-state index contributed by atoms with van der Waals surface area (Å²) in [5.74, 6) is 0. The first-order chi connectivity index (χ1) is 10.1. The average Bonchev–Trinajstić information content (AvgIpc) is 2.94. The van der Waals surface area contributed by atoms with Crippen molar-refractivity contribution < 1.29 is 13.2 Å². The van der Waals surface area contributed by atoms with Gasteiger partial charge in [0.1, 0.15) is 5.69 Å². The number of alkyl halides is 3. The van der Waals surface area contributed by atoms with Crippen molar-refractivity contribution in [1.82, 2.24) is 9.78 Å². The van der Waals surface area contributed by atoms with Crippen molar-refractivity contribution in [2.45, 2.75) is 6.18 Å². The Balaban J connectivity index is 2.17. The molecule has 0 saturated carbocycles. The van der Waals surface area contributed by atoms with Gasteiger partial charge in [-0.3, -0.25) is 0 Å². The second-order valence-electron chi connectivity index (χ2n) is 4.53. The Bertz CT molecular complexity index is 731. The van der Waals surface area contributed by atoms with Gasteiger partial charge in [-0.2, -0.15) is 18.3 Å². The molecule has 0 N–H and O–H groups in total. The molecule has 0 radical (unpaired) electrons. The fourth-order valence-electron chi connectivity index (χ4n) is 2.10. The lowest BCUT2D eigenvalue weighted by Gasteiger charge is -2.09. The predicted molar refractivity (Wildman–Crippen MR) is 74.0 cm³/mol. The molecule has 0 fully saturated rings. The van der Waals surface area contributed by atoms with Crippen LogP contribution in [0.5, 0.6) is 0 Å². The van der Waals surface area contributed by atoms with E-state index in [0.717, 1.165) is 10.7 Å². The van der Waals surface area contributed by atoms with Gasteiger partial charge >= 0.3 is 6.18 Å². The lowest BCUT2D eigenvalue weighted by atomic mass is 10.1. The van der Waals surface area contributed by atoms with Crippen molar-refractivity contribution in [2.24, 2.45) is 0 Å². The zero-order chi connectivity index (χ0) is 14.9. The third-order valence-electron chi connectivity index (χ3n) is 3.07. The summed E-state index contributed by atoms with van der Waals surface area (Å²) < 4.78 is 40.5. The Labute approximate surface area is 119 Å². The summed E-state index contributed by atoms with van der Waals surface area (Å²) in [4.78, 5) is 0. The highest BCUT2D eigenvalue weighted by atomic mass is 19.4. The molecule has 0 aliphatic heterocycles. The third-order valence-corrected chi connectivity index (χ3v) is 3.07. The Morgan fingerprint density at radius 2 is 1.38 bits per heavy atom. The van der Waals surface area contributed by atoms with Crippen molar-refractivity contribution >= 4 is 0 Å². The molecule has 0 aliphatic carbocycles. The van der Waals surface area contributed by atoms with E-state index >= 15 is 0 Å². The van der Waals surface area contributed by atoms with Crippen molar-refractivity contribution in [2.75, 3.05) is 0 Å². The number of hydrogen-bond acceptors (Lipinski definition) is 1. The number of halogens is 3. The van der Waals surface area contributed by atoms with Crippen LogP contribution < -0.4 is 0 Å². The predicted octanol–water partition coefficient (Wildman–Crippen LogP) is 4.56. The maximum absolute atomic E-state index is 13.2. The van der Waals surface area contributed by atoms with Gasteiger partial charge in [0.25, 0.3) is 0 Å². The van der Waals surface area contributed by atoms with E-state index < -0.39 is 11.9 Å². The van der Waals surface area contributed by atoms with Crippen molar-refractivity contribution in [3.63, 3.8) is 0 Å². The van der Waals surface area contributed by atoms with E-state index in [2.05, 4.69) is 5.10 Å². The van der Waals surface area contributed by atoms with Crippen molar-refractivity contribution in [1.29, 1.82) is 0 Å². The van der Waals surface area contributed by atoms with Crippen LogP contribution in [0.25, 0.3) is 16.9 Å². The summed E-state index contributed by atoms with van der Waals surface area (Å²) in [6.07, 6.45) is -4.46. The molecule has 5 heteroatoms. The molecule has 1 heterocycles. The van der Waals surface area contributed by atoms with E-state index in [1.54, 1.807) is 54.6 Å². The van der Waals surface area contributed by atoms with E-state index in [-0.39, 0.29) is 0 Å². The van der Waals surface area contributed by atoms with Crippen LogP contribution in [-0.4, -0.2) is 9.78 Å². The number of hydrogen-bond donors (Lipinski definition) is 0. The van der Waals surface area contributed by atoms with Crippen molar-refractivity contribution in [3.05, 3.63) is 72.4 Å². The molecule has 106 valence electrons. The zero-order valence-electron chi connectivity index (χ0n) is 10.9. The molecule has 21 heavy (non-hydrogen) atoms. The molecular formula is C16H11F3N2. The summed E-state index contributed by atoms with van der Waals surface area (Å²) in [7, 11) is 0. The third kappa shape index (κ3) is 2.67. The van der Waals surface area contributed by atoms with Gasteiger partial charge in [0.2, 0.25) is 0 Å². The van der Waals surface area contributed by atoms with Crippen LogP contribution in [-0.2, 0) is 6.18 Å². The van der Waals surface area contributed by atoms with Gasteiger partial charge < -0.3 is 0 Å². The number of benzene rings is 2. The van der Waals surface area contributed by atoms with Gasteiger partial charge in [-0.05, 0) is 18.2 Å². The van der Waals surface area contributed by atoms with E-state index in [4.69, 9.17) is 0 Å². The maximum Gasteiger partial charge on any atom is 0.433 e. The quantitative estimate of drug-likeness (QED) is 0.676. The molecule has 0 aliphatic rings. The van der Waals surface area contributed by atoms with Crippen LogP contribution in [0.15, 0.2) is 66.7 Å². The van der Waals surface area contributed by atoms with Gasteiger partial charge in [0.05, 0.1) is 11.4 Å². The lowest BCUT2D eigenvalue weighted by Crippen LogP contribution is -2.13. The second-order valence-corrected chi connectivity index (χ2v) is 4.53. The molecule has 0 spiro atoms. The first-order valence-corrected chi connectivity index (χ1v) is 6.34. The highest BCUT2D eigenvalue weighted by molar-refractivity contribution is 5.60. The van der Waals surface area contributed by atoms with Gasteiger partial charge in [0.15, 0.2) is 0 Å². The molecule has 0 bridgehead atoms. The number of rotatable bonds is 2. The lowest BCUT2D eigenvalue weighted by molar-refractivity contribution is -0.142. The SMILES string of the molecule is FC(F)(F)c1cc(-c2ccccc2)nn1-c1ccccc1. The number of para-hydroxylation sites is 1. The van der Waals surface area contributed by atoms with Crippen LogP contribution in [0.3, 0.4) is 0 Å². The maximum atomic E-state index is 13.2. The van der Waals surface area contributed by atoms with Crippen molar-refractivity contribution in [3.8, 4) is 16.9 Å². The average molecular weight is 288 g/mol. The normalized spacial score (nSPS) is 11.6. The molecule has 2 aromatic carbocycles. The molecule has 3 aromatic rings. The van der Waals surface area contributed by atoms with E-state index in [9.17, 15) is 13.2 Å². The van der Waals surface area contributed by atoms with Crippen LogP contribution in [0.2, 0.25) is 0 Å². The smallest absolute Gasteiger partial charge is 0.228 e. The summed E-state index contributed by atoms with van der Waals surface area (Å²) in [6, 6.07) is 18.2. The van der Waals surface area contributed by atoms with Gasteiger partial charge in [0, 0.05) is 5.56 Å². The summed E-state index contributed by atoms with van der Waals surface area (Å²) in [5, 5.41) is 4.11. The molecule has 0 saturated heterocycles. The molecule has 0 amide bonds. The zero-order valence-corrected chi connectivity index (χ0v) is 10.9. The van der Waals surface area contributed by atoms with Gasteiger partial charge in [-0.15, -0.1) is 0 Å². The van der Waals surface area contributed by atoms with Crippen LogP contribution in [0, 0.1) is 0 Å². The fraction of sp³-hybridized carbons (Fsp3) is 0.0625. The standard InChI is InChI=1S/C16H11F3N2/c17-16(18,19)15-11-14(12-7-3-1-4-8-12)20-21(15)13-9-5-2-6-10-13/h1-11H. The molecule has 0 atom stereocenters. The summed E-state index contributed by atoms with van der Waals surface area (Å²) in [6.45, 7) is 0. The van der Waals surface area contributed by atoms with E-state index in [1.807, 2.05) is 6.07 Å². The first kappa shape index (κ1) is 13.4. The van der Waals surface area contributed by atoms with Gasteiger partial charge in [-0.25, -0.2) is 4.68 Å². The Morgan fingerprint density at radius 1 is 0.810 bits per heavy atom. The van der Waals surface area contributed by atoms with E-state index in [0.29, 0.717) is 16.9 Å². The molecule has 2 nitrogen and oxygen atoms in total. The largest absolute Gasteiger partial charge is 0.433 e. The Morgan fingerprint density at radius 3 is 1.95 bits per heavy atom. The summed E-state index contributed by atoms with van der Waals surface area (Å²) >= 11 is 0. The van der Waals surface area contributed by atoms with Crippen LogP contribution in [0.4, 0.5) is 13.2 Å². The Hall–Kier alpha value is -2.56. The minimum Gasteiger partial charge on any atom is -0.228 e. The highest BCUT2D eigenvalue weighted by Gasteiger charge is 2.36.